The summed E-state index contributed by atoms with van der Waals surface area (Å²) in [5.41, 5.74) is 0.559. The summed E-state index contributed by atoms with van der Waals surface area (Å²) in [6.07, 6.45) is 0. The Morgan fingerprint density at radius 3 is 3.14 bits per heavy atom. The second kappa shape index (κ2) is 3.57. The molecule has 0 saturated heterocycles. The molecule has 0 aliphatic carbocycles. The van der Waals surface area contributed by atoms with Crippen LogP contribution in [0.25, 0.3) is 0 Å². The van der Waals surface area contributed by atoms with E-state index in [9.17, 15) is 4.79 Å². The molecule has 0 saturated carbocycles. The van der Waals surface area contributed by atoms with E-state index in [0.29, 0.717) is 30.2 Å². The predicted octanol–water partition coefficient (Wildman–Crippen LogP) is 0.817. The van der Waals surface area contributed by atoms with Crippen LogP contribution in [0.5, 0.6) is 11.5 Å². The number of amides is 1. The Hall–Kier alpha value is -1.71. The Kier molecular flexibility index (Phi) is 2.26. The SMILES string of the molecule is COc1ccc2c(c1)OCCNC2=O. The van der Waals surface area contributed by atoms with Gasteiger partial charge in [-0.2, -0.15) is 0 Å². The molecule has 0 aromatic heterocycles. The normalized spacial score (nSPS) is 14.8. The van der Waals surface area contributed by atoms with Gasteiger partial charge >= 0.3 is 0 Å². The third-order valence-corrected chi connectivity index (χ3v) is 2.08. The van der Waals surface area contributed by atoms with Crippen molar-refractivity contribution in [2.45, 2.75) is 0 Å². The zero-order chi connectivity index (χ0) is 9.97. The summed E-state index contributed by atoms with van der Waals surface area (Å²) in [7, 11) is 1.58. The van der Waals surface area contributed by atoms with Crippen molar-refractivity contribution in [1.82, 2.24) is 5.32 Å². The monoisotopic (exact) mass is 193 g/mol. The van der Waals surface area contributed by atoms with Gasteiger partial charge in [-0.05, 0) is 12.1 Å². The number of ether oxygens (including phenoxy) is 2. The molecule has 1 amide bonds. The summed E-state index contributed by atoms with van der Waals surface area (Å²) in [4.78, 5) is 11.5. The highest BCUT2D eigenvalue weighted by Crippen LogP contribution is 2.25. The lowest BCUT2D eigenvalue weighted by molar-refractivity contribution is 0.0957. The Morgan fingerprint density at radius 2 is 2.36 bits per heavy atom. The van der Waals surface area contributed by atoms with Crippen molar-refractivity contribution in [2.24, 2.45) is 0 Å². The summed E-state index contributed by atoms with van der Waals surface area (Å²) in [5, 5.41) is 2.73. The highest BCUT2D eigenvalue weighted by molar-refractivity contribution is 5.97. The van der Waals surface area contributed by atoms with Gasteiger partial charge < -0.3 is 14.8 Å². The van der Waals surface area contributed by atoms with Crippen molar-refractivity contribution in [3.63, 3.8) is 0 Å². The Balaban J connectivity index is 2.43. The number of carbonyl (C=O) groups is 1. The highest BCUT2D eigenvalue weighted by Gasteiger charge is 2.16. The van der Waals surface area contributed by atoms with E-state index in [4.69, 9.17) is 9.47 Å². The highest BCUT2D eigenvalue weighted by atomic mass is 16.5. The summed E-state index contributed by atoms with van der Waals surface area (Å²) in [6, 6.07) is 5.17. The van der Waals surface area contributed by atoms with Crippen molar-refractivity contribution in [3.8, 4) is 11.5 Å². The molecular formula is C10H11NO3. The summed E-state index contributed by atoms with van der Waals surface area (Å²) in [6.45, 7) is 1.03. The van der Waals surface area contributed by atoms with Crippen LogP contribution < -0.4 is 14.8 Å². The first-order chi connectivity index (χ1) is 6.81. The maximum atomic E-state index is 11.5. The van der Waals surface area contributed by atoms with Crippen LogP contribution in [0.4, 0.5) is 0 Å². The van der Waals surface area contributed by atoms with E-state index in [1.807, 2.05) is 0 Å². The van der Waals surface area contributed by atoms with Crippen LogP contribution >= 0.6 is 0 Å². The van der Waals surface area contributed by atoms with Gasteiger partial charge in [-0.25, -0.2) is 0 Å². The molecule has 1 aliphatic heterocycles. The standard InChI is InChI=1S/C10H11NO3/c1-13-7-2-3-8-9(6-7)14-5-4-11-10(8)12/h2-3,6H,4-5H2,1H3,(H,11,12). The molecule has 0 radical (unpaired) electrons. The fraction of sp³-hybridized carbons (Fsp3) is 0.300. The minimum Gasteiger partial charge on any atom is -0.497 e. The maximum Gasteiger partial charge on any atom is 0.255 e. The molecule has 1 aromatic rings. The van der Waals surface area contributed by atoms with E-state index in [1.54, 1.807) is 25.3 Å². The molecule has 1 heterocycles. The third kappa shape index (κ3) is 1.51. The third-order valence-electron chi connectivity index (χ3n) is 2.08. The van der Waals surface area contributed by atoms with Crippen molar-refractivity contribution >= 4 is 5.91 Å². The van der Waals surface area contributed by atoms with Crippen LogP contribution in [0.1, 0.15) is 10.4 Å². The molecule has 1 N–H and O–H groups in total. The molecule has 0 unspecified atom stereocenters. The molecule has 1 aliphatic rings. The van der Waals surface area contributed by atoms with Crippen LogP contribution in [0.2, 0.25) is 0 Å². The van der Waals surface area contributed by atoms with E-state index >= 15 is 0 Å². The minimum absolute atomic E-state index is 0.0971. The van der Waals surface area contributed by atoms with Gasteiger partial charge in [0.1, 0.15) is 18.1 Å². The number of methoxy groups -OCH3 is 1. The molecular weight excluding hydrogens is 182 g/mol. The first-order valence-corrected chi connectivity index (χ1v) is 4.40. The van der Waals surface area contributed by atoms with E-state index in [1.165, 1.54) is 0 Å². The molecule has 0 bridgehead atoms. The average molecular weight is 193 g/mol. The number of benzene rings is 1. The molecule has 74 valence electrons. The Bertz CT molecular complexity index is 362. The van der Waals surface area contributed by atoms with Crippen LogP contribution in [0.3, 0.4) is 0 Å². The minimum atomic E-state index is -0.0971. The zero-order valence-electron chi connectivity index (χ0n) is 7.87. The van der Waals surface area contributed by atoms with Crippen molar-refractivity contribution in [1.29, 1.82) is 0 Å². The van der Waals surface area contributed by atoms with Crippen molar-refractivity contribution < 1.29 is 14.3 Å². The summed E-state index contributed by atoms with van der Waals surface area (Å²) < 4.78 is 10.4. The van der Waals surface area contributed by atoms with Crippen molar-refractivity contribution in [3.05, 3.63) is 23.8 Å². The fourth-order valence-electron chi connectivity index (χ4n) is 1.36. The lowest BCUT2D eigenvalue weighted by Gasteiger charge is -2.06. The van der Waals surface area contributed by atoms with Crippen LogP contribution in [0.15, 0.2) is 18.2 Å². The maximum absolute atomic E-state index is 11.5. The predicted molar refractivity (Wildman–Crippen MR) is 50.8 cm³/mol. The van der Waals surface area contributed by atoms with Gasteiger partial charge in [0.05, 0.1) is 19.2 Å². The van der Waals surface area contributed by atoms with E-state index in [2.05, 4.69) is 5.32 Å². The molecule has 4 nitrogen and oxygen atoms in total. The molecule has 4 heteroatoms. The number of hydrogen-bond donors (Lipinski definition) is 1. The zero-order valence-corrected chi connectivity index (χ0v) is 7.87. The lowest BCUT2D eigenvalue weighted by Crippen LogP contribution is -2.24. The van der Waals surface area contributed by atoms with Crippen molar-refractivity contribution in [2.75, 3.05) is 20.3 Å². The van der Waals surface area contributed by atoms with Gasteiger partial charge in [-0.15, -0.1) is 0 Å². The Morgan fingerprint density at radius 1 is 1.50 bits per heavy atom. The first-order valence-electron chi connectivity index (χ1n) is 4.40. The molecule has 14 heavy (non-hydrogen) atoms. The van der Waals surface area contributed by atoms with E-state index in [0.717, 1.165) is 0 Å². The number of fused-ring (bicyclic) bond motifs is 1. The van der Waals surface area contributed by atoms with Gasteiger partial charge in [-0.3, -0.25) is 4.79 Å². The fourth-order valence-corrected chi connectivity index (χ4v) is 1.36. The summed E-state index contributed by atoms with van der Waals surface area (Å²) >= 11 is 0. The average Bonchev–Trinajstić information content (AvgIpc) is 2.40. The largest absolute Gasteiger partial charge is 0.497 e. The first kappa shape index (κ1) is 8.87. The number of hydrogen-bond acceptors (Lipinski definition) is 3. The summed E-state index contributed by atoms with van der Waals surface area (Å²) in [5.74, 6) is 1.18. The van der Waals surface area contributed by atoms with Gasteiger partial charge in [-0.1, -0.05) is 0 Å². The van der Waals surface area contributed by atoms with Gasteiger partial charge in [0.25, 0.3) is 5.91 Å². The number of carbonyl (C=O) groups excluding carboxylic acids is 1. The molecule has 0 fully saturated rings. The molecule has 2 rings (SSSR count). The van der Waals surface area contributed by atoms with Gasteiger partial charge in [0.2, 0.25) is 0 Å². The number of rotatable bonds is 1. The quantitative estimate of drug-likeness (QED) is 0.718. The van der Waals surface area contributed by atoms with Gasteiger partial charge in [0, 0.05) is 6.07 Å². The van der Waals surface area contributed by atoms with Crippen LogP contribution in [-0.2, 0) is 0 Å². The van der Waals surface area contributed by atoms with Crippen LogP contribution in [0, 0.1) is 0 Å². The second-order valence-corrected chi connectivity index (χ2v) is 2.97. The van der Waals surface area contributed by atoms with Crippen LogP contribution in [-0.4, -0.2) is 26.2 Å². The Labute approximate surface area is 81.8 Å². The molecule has 0 atom stereocenters. The van der Waals surface area contributed by atoms with Gasteiger partial charge in [0.15, 0.2) is 0 Å². The number of nitrogens with one attached hydrogen (secondary N) is 1. The smallest absolute Gasteiger partial charge is 0.255 e. The molecule has 0 spiro atoms. The topological polar surface area (TPSA) is 47.6 Å². The van der Waals surface area contributed by atoms with E-state index < -0.39 is 0 Å². The second-order valence-electron chi connectivity index (χ2n) is 2.97. The van der Waals surface area contributed by atoms with E-state index in [-0.39, 0.29) is 5.91 Å². The molecule has 1 aromatic carbocycles. The lowest BCUT2D eigenvalue weighted by atomic mass is 10.2.